The third-order valence-electron chi connectivity index (χ3n) is 2.40. The van der Waals surface area contributed by atoms with Crippen LogP contribution in [0.2, 0.25) is 0 Å². The van der Waals surface area contributed by atoms with E-state index < -0.39 is 0 Å². The molecule has 0 saturated heterocycles. The highest BCUT2D eigenvalue weighted by molar-refractivity contribution is 5.85. The zero-order chi connectivity index (χ0) is 9.19. The van der Waals surface area contributed by atoms with Crippen LogP contribution in [0, 0.1) is 0 Å². The van der Waals surface area contributed by atoms with E-state index in [0.717, 1.165) is 12.8 Å². The van der Waals surface area contributed by atoms with Gasteiger partial charge in [0.15, 0.2) is 0 Å². The fourth-order valence-corrected chi connectivity index (χ4v) is 1.45. The monoisotopic (exact) mass is 209 g/mol. The molecule has 0 spiro atoms. The lowest BCUT2D eigenvalue weighted by molar-refractivity contribution is -0.147. The zero-order valence-electron chi connectivity index (χ0n) is 8.12. The van der Waals surface area contributed by atoms with E-state index in [1.807, 2.05) is 0 Å². The van der Waals surface area contributed by atoms with Crippen molar-refractivity contribution in [3.05, 3.63) is 0 Å². The van der Waals surface area contributed by atoms with Gasteiger partial charge < -0.3 is 14.8 Å². The highest BCUT2D eigenvalue weighted by Gasteiger charge is 2.53. The smallest absolute Gasteiger partial charge is 0.325 e. The Balaban J connectivity index is 0.00000144. The molecular weight excluding hydrogens is 194 g/mol. The quantitative estimate of drug-likeness (QED) is 0.679. The van der Waals surface area contributed by atoms with Crippen molar-refractivity contribution in [3.63, 3.8) is 0 Å². The summed E-state index contributed by atoms with van der Waals surface area (Å²) in [7, 11) is 4.75. The number of likely N-dealkylation sites (N-methyl/N-ethyl adjacent to an activating group) is 1. The van der Waals surface area contributed by atoms with E-state index in [9.17, 15) is 4.79 Å². The molecule has 78 valence electrons. The Kier molecular flexibility index (Phi) is 4.67. The molecule has 0 amide bonds. The first kappa shape index (κ1) is 12.7. The van der Waals surface area contributed by atoms with Crippen LogP contribution >= 0.6 is 12.4 Å². The average molecular weight is 210 g/mol. The standard InChI is InChI=1S/C8H15NO3.ClH/c1-9-6(7(10)11-2)8(12-3)4-5-8;/h6,9H,4-5H2,1-3H3;1H. The molecule has 1 fully saturated rings. The van der Waals surface area contributed by atoms with Crippen molar-refractivity contribution in [1.29, 1.82) is 0 Å². The van der Waals surface area contributed by atoms with Crippen LogP contribution in [0.4, 0.5) is 0 Å². The molecule has 5 heteroatoms. The van der Waals surface area contributed by atoms with E-state index in [2.05, 4.69) is 10.1 Å². The normalized spacial score (nSPS) is 19.9. The predicted molar refractivity (Wildman–Crippen MR) is 51.1 cm³/mol. The van der Waals surface area contributed by atoms with Gasteiger partial charge in [-0.05, 0) is 19.9 Å². The highest BCUT2D eigenvalue weighted by Crippen LogP contribution is 2.42. The molecule has 1 rings (SSSR count). The van der Waals surface area contributed by atoms with Gasteiger partial charge in [-0.1, -0.05) is 0 Å². The fraction of sp³-hybridized carbons (Fsp3) is 0.875. The third-order valence-corrected chi connectivity index (χ3v) is 2.40. The predicted octanol–water partition coefficient (Wildman–Crippen LogP) is 0.348. The number of nitrogens with one attached hydrogen (secondary N) is 1. The van der Waals surface area contributed by atoms with Crippen LogP contribution in [0.15, 0.2) is 0 Å². The first-order valence-corrected chi connectivity index (χ1v) is 4.00. The van der Waals surface area contributed by atoms with Gasteiger partial charge in [0, 0.05) is 7.11 Å². The van der Waals surface area contributed by atoms with E-state index in [4.69, 9.17) is 4.74 Å². The number of carbonyl (C=O) groups excluding carboxylic acids is 1. The lowest BCUT2D eigenvalue weighted by atomic mass is 10.1. The average Bonchev–Trinajstić information content (AvgIpc) is 2.87. The maximum absolute atomic E-state index is 11.2. The van der Waals surface area contributed by atoms with Gasteiger partial charge in [-0.25, -0.2) is 0 Å². The summed E-state index contributed by atoms with van der Waals surface area (Å²) in [5.74, 6) is -0.253. The van der Waals surface area contributed by atoms with E-state index in [0.29, 0.717) is 0 Å². The van der Waals surface area contributed by atoms with Crippen LogP contribution in [-0.4, -0.2) is 38.9 Å². The Labute approximate surface area is 84.4 Å². The van der Waals surface area contributed by atoms with Gasteiger partial charge in [-0.3, -0.25) is 4.79 Å². The van der Waals surface area contributed by atoms with Gasteiger partial charge in [0.2, 0.25) is 0 Å². The Hall–Kier alpha value is -0.320. The maximum Gasteiger partial charge on any atom is 0.325 e. The van der Waals surface area contributed by atoms with Crippen molar-refractivity contribution in [1.82, 2.24) is 5.32 Å². The molecule has 0 aromatic heterocycles. The summed E-state index contributed by atoms with van der Waals surface area (Å²) < 4.78 is 9.91. The third kappa shape index (κ3) is 2.33. The lowest BCUT2D eigenvalue weighted by Gasteiger charge is -2.22. The SMILES string of the molecule is CNC(C(=O)OC)C1(OC)CC1.Cl. The number of hydrogen-bond acceptors (Lipinski definition) is 4. The van der Waals surface area contributed by atoms with Gasteiger partial charge in [0.1, 0.15) is 6.04 Å². The van der Waals surface area contributed by atoms with E-state index in [1.165, 1.54) is 7.11 Å². The van der Waals surface area contributed by atoms with Crippen LogP contribution in [0.25, 0.3) is 0 Å². The van der Waals surface area contributed by atoms with Crippen molar-refractivity contribution >= 4 is 18.4 Å². The Bertz CT molecular complexity index is 182. The molecular formula is C8H16ClNO3. The van der Waals surface area contributed by atoms with Gasteiger partial charge in [-0.2, -0.15) is 0 Å². The summed E-state index contributed by atoms with van der Waals surface area (Å²) in [4.78, 5) is 11.2. The number of rotatable bonds is 4. The fourth-order valence-electron chi connectivity index (χ4n) is 1.45. The summed E-state index contributed by atoms with van der Waals surface area (Å²) in [6.45, 7) is 0. The molecule has 4 nitrogen and oxygen atoms in total. The molecule has 1 N–H and O–H groups in total. The second-order valence-electron chi connectivity index (χ2n) is 3.01. The van der Waals surface area contributed by atoms with Crippen LogP contribution in [0.3, 0.4) is 0 Å². The van der Waals surface area contributed by atoms with E-state index in [1.54, 1.807) is 14.2 Å². The Morgan fingerprint density at radius 1 is 1.46 bits per heavy atom. The second-order valence-corrected chi connectivity index (χ2v) is 3.01. The summed E-state index contributed by atoms with van der Waals surface area (Å²) in [5, 5.41) is 2.91. The molecule has 0 aromatic rings. The number of ether oxygens (including phenoxy) is 2. The molecule has 0 aromatic carbocycles. The van der Waals surface area contributed by atoms with Crippen molar-refractivity contribution in [2.75, 3.05) is 21.3 Å². The number of hydrogen-bond donors (Lipinski definition) is 1. The van der Waals surface area contributed by atoms with Gasteiger partial charge in [-0.15, -0.1) is 12.4 Å². The summed E-state index contributed by atoms with van der Waals surface area (Å²) in [5.41, 5.74) is -0.304. The van der Waals surface area contributed by atoms with Gasteiger partial charge in [0.25, 0.3) is 0 Å². The molecule has 13 heavy (non-hydrogen) atoms. The molecule has 0 bridgehead atoms. The molecule has 0 radical (unpaired) electrons. The highest BCUT2D eigenvalue weighted by atomic mass is 35.5. The maximum atomic E-state index is 11.2. The molecule has 0 heterocycles. The van der Waals surface area contributed by atoms with Crippen LogP contribution in [0.5, 0.6) is 0 Å². The van der Waals surface area contributed by atoms with E-state index >= 15 is 0 Å². The molecule has 1 aliphatic rings. The van der Waals surface area contributed by atoms with Crippen molar-refractivity contribution in [3.8, 4) is 0 Å². The molecule has 1 atom stereocenters. The van der Waals surface area contributed by atoms with Crippen molar-refractivity contribution in [2.24, 2.45) is 0 Å². The summed E-state index contributed by atoms with van der Waals surface area (Å²) >= 11 is 0. The first-order valence-electron chi connectivity index (χ1n) is 4.00. The topological polar surface area (TPSA) is 47.6 Å². The number of carbonyl (C=O) groups is 1. The minimum Gasteiger partial charge on any atom is -0.468 e. The molecule has 1 saturated carbocycles. The van der Waals surface area contributed by atoms with Crippen LogP contribution in [0.1, 0.15) is 12.8 Å². The van der Waals surface area contributed by atoms with Crippen LogP contribution in [-0.2, 0) is 14.3 Å². The minimum absolute atomic E-state index is 0. The Morgan fingerprint density at radius 3 is 2.23 bits per heavy atom. The van der Waals surface area contributed by atoms with Crippen molar-refractivity contribution < 1.29 is 14.3 Å². The first-order chi connectivity index (χ1) is 5.70. The number of methoxy groups -OCH3 is 2. The van der Waals surface area contributed by atoms with Crippen LogP contribution < -0.4 is 5.32 Å². The molecule has 1 aliphatic carbocycles. The Morgan fingerprint density at radius 2 is 2.00 bits per heavy atom. The van der Waals surface area contributed by atoms with Crippen molar-refractivity contribution in [2.45, 2.75) is 24.5 Å². The zero-order valence-corrected chi connectivity index (χ0v) is 8.94. The van der Waals surface area contributed by atoms with Gasteiger partial charge in [0.05, 0.1) is 12.7 Å². The lowest BCUT2D eigenvalue weighted by Crippen LogP contribution is -2.47. The largest absolute Gasteiger partial charge is 0.468 e. The number of halogens is 1. The summed E-state index contributed by atoms with van der Waals surface area (Å²) in [6, 6.07) is -0.326. The molecule has 1 unspecified atom stereocenters. The molecule has 0 aliphatic heterocycles. The number of esters is 1. The van der Waals surface area contributed by atoms with E-state index in [-0.39, 0.29) is 30.0 Å². The van der Waals surface area contributed by atoms with Gasteiger partial charge >= 0.3 is 5.97 Å². The summed E-state index contributed by atoms with van der Waals surface area (Å²) in [6.07, 6.45) is 1.84. The minimum atomic E-state index is -0.326. The second kappa shape index (κ2) is 4.79.